The summed E-state index contributed by atoms with van der Waals surface area (Å²) in [4.78, 5) is 24.1. The quantitative estimate of drug-likeness (QED) is 0.514. The molecule has 1 aromatic rings. The van der Waals surface area contributed by atoms with Gasteiger partial charge in [0.1, 0.15) is 6.04 Å². The van der Waals surface area contributed by atoms with E-state index in [-0.39, 0.29) is 42.6 Å². The van der Waals surface area contributed by atoms with Crippen molar-refractivity contribution >= 4 is 29.9 Å². The van der Waals surface area contributed by atoms with Gasteiger partial charge in [0.25, 0.3) is 0 Å². The number of piperidine rings is 1. The van der Waals surface area contributed by atoms with Crippen LogP contribution in [0.4, 0.5) is 5.69 Å². The van der Waals surface area contributed by atoms with Gasteiger partial charge in [-0.15, -0.1) is 12.4 Å². The van der Waals surface area contributed by atoms with E-state index in [1.165, 1.54) is 0 Å². The number of halogens is 1. The lowest BCUT2D eigenvalue weighted by atomic mass is 9.89. The number of anilines is 1. The molecule has 2 aliphatic rings. The molecule has 2 fully saturated rings. The standard InChI is InChI=1S/C16H23N5O2.ClH/c22-14(19-11-4-2-1-3-5-11)7-9-18-16(23)15-12-10-17-8-6-13(12)20-21-15;/h1-5,12-13,15,17,20-21H,6-10H2,(H,18,23)(H,19,22);1H. The molecule has 3 rings (SSSR count). The van der Waals surface area contributed by atoms with Gasteiger partial charge in [-0.1, -0.05) is 18.2 Å². The van der Waals surface area contributed by atoms with E-state index in [2.05, 4.69) is 26.8 Å². The van der Waals surface area contributed by atoms with Crippen molar-refractivity contribution in [3.63, 3.8) is 0 Å². The maximum atomic E-state index is 12.3. The number of hydrazine groups is 1. The second-order valence-corrected chi connectivity index (χ2v) is 5.98. The second-order valence-electron chi connectivity index (χ2n) is 5.98. The average molecular weight is 354 g/mol. The summed E-state index contributed by atoms with van der Waals surface area (Å²) in [7, 11) is 0. The molecular formula is C16H24ClN5O2. The highest BCUT2D eigenvalue weighted by molar-refractivity contribution is 5.91. The van der Waals surface area contributed by atoms with Gasteiger partial charge < -0.3 is 16.0 Å². The van der Waals surface area contributed by atoms with Gasteiger partial charge in [-0.3, -0.25) is 15.0 Å². The summed E-state index contributed by atoms with van der Waals surface area (Å²) in [5.41, 5.74) is 7.03. The molecule has 0 aliphatic carbocycles. The summed E-state index contributed by atoms with van der Waals surface area (Å²) in [6.45, 7) is 2.14. The van der Waals surface area contributed by atoms with E-state index in [1.54, 1.807) is 0 Å². The molecule has 132 valence electrons. The first-order valence-corrected chi connectivity index (χ1v) is 8.08. The third-order valence-corrected chi connectivity index (χ3v) is 4.37. The first-order valence-electron chi connectivity index (χ1n) is 8.08. The summed E-state index contributed by atoms with van der Waals surface area (Å²) < 4.78 is 0. The highest BCUT2D eigenvalue weighted by Gasteiger charge is 2.40. The summed E-state index contributed by atoms with van der Waals surface area (Å²) in [5.74, 6) is 0.0920. The number of benzene rings is 1. The zero-order valence-corrected chi connectivity index (χ0v) is 14.2. The Morgan fingerprint density at radius 3 is 2.75 bits per heavy atom. The van der Waals surface area contributed by atoms with Crippen LogP contribution in [0.5, 0.6) is 0 Å². The average Bonchev–Trinajstić information content (AvgIpc) is 3.00. The monoisotopic (exact) mass is 353 g/mol. The van der Waals surface area contributed by atoms with Crippen LogP contribution >= 0.6 is 12.4 Å². The van der Waals surface area contributed by atoms with Crippen LogP contribution in [0.15, 0.2) is 30.3 Å². The molecule has 1 aromatic carbocycles. The highest BCUT2D eigenvalue weighted by Crippen LogP contribution is 2.19. The lowest BCUT2D eigenvalue weighted by molar-refractivity contribution is -0.124. The highest BCUT2D eigenvalue weighted by atomic mass is 35.5. The van der Waals surface area contributed by atoms with Crippen LogP contribution in [0.25, 0.3) is 0 Å². The van der Waals surface area contributed by atoms with Gasteiger partial charge in [0, 0.05) is 37.2 Å². The van der Waals surface area contributed by atoms with Crippen LogP contribution in [0.2, 0.25) is 0 Å². The molecule has 24 heavy (non-hydrogen) atoms. The van der Waals surface area contributed by atoms with Crippen molar-refractivity contribution in [2.75, 3.05) is 25.0 Å². The number of rotatable bonds is 5. The Morgan fingerprint density at radius 1 is 1.17 bits per heavy atom. The molecule has 0 aromatic heterocycles. The van der Waals surface area contributed by atoms with Crippen molar-refractivity contribution in [1.82, 2.24) is 21.5 Å². The van der Waals surface area contributed by atoms with Gasteiger partial charge in [-0.2, -0.15) is 0 Å². The Hall–Kier alpha value is -1.67. The van der Waals surface area contributed by atoms with E-state index >= 15 is 0 Å². The first-order chi connectivity index (χ1) is 11.2. The lowest BCUT2D eigenvalue weighted by Crippen LogP contribution is -2.49. The van der Waals surface area contributed by atoms with E-state index in [0.29, 0.717) is 12.6 Å². The largest absolute Gasteiger partial charge is 0.354 e. The van der Waals surface area contributed by atoms with E-state index in [1.807, 2.05) is 30.3 Å². The fourth-order valence-electron chi connectivity index (χ4n) is 3.13. The van der Waals surface area contributed by atoms with E-state index in [0.717, 1.165) is 25.2 Å². The van der Waals surface area contributed by atoms with Crippen LogP contribution in [0.1, 0.15) is 12.8 Å². The van der Waals surface area contributed by atoms with Crippen molar-refractivity contribution in [1.29, 1.82) is 0 Å². The summed E-state index contributed by atoms with van der Waals surface area (Å²) >= 11 is 0. The number of carbonyl (C=O) groups excluding carboxylic acids is 2. The molecule has 0 radical (unpaired) electrons. The van der Waals surface area contributed by atoms with Crippen molar-refractivity contribution in [2.45, 2.75) is 24.9 Å². The molecular weight excluding hydrogens is 330 g/mol. The minimum absolute atomic E-state index is 0. The van der Waals surface area contributed by atoms with Crippen LogP contribution in [0, 0.1) is 5.92 Å². The molecule has 3 atom stereocenters. The number of hydrogen-bond donors (Lipinski definition) is 5. The molecule has 0 spiro atoms. The zero-order valence-electron chi connectivity index (χ0n) is 13.4. The number of nitrogens with one attached hydrogen (secondary N) is 5. The fraction of sp³-hybridized carbons (Fsp3) is 0.500. The minimum Gasteiger partial charge on any atom is -0.354 e. The predicted octanol–water partition coefficient (Wildman–Crippen LogP) is 0.00770. The molecule has 7 nitrogen and oxygen atoms in total. The number of carbonyl (C=O) groups is 2. The van der Waals surface area contributed by atoms with Gasteiger partial charge in [0.15, 0.2) is 0 Å². The molecule has 2 amide bonds. The molecule has 0 bridgehead atoms. The van der Waals surface area contributed by atoms with E-state index < -0.39 is 0 Å². The van der Waals surface area contributed by atoms with Gasteiger partial charge in [0.05, 0.1) is 0 Å². The molecule has 8 heteroatoms. The molecule has 2 saturated heterocycles. The van der Waals surface area contributed by atoms with Crippen LogP contribution in [-0.4, -0.2) is 43.5 Å². The Balaban J connectivity index is 0.00000208. The van der Waals surface area contributed by atoms with Gasteiger partial charge >= 0.3 is 0 Å². The third kappa shape index (κ3) is 4.67. The number of hydrogen-bond acceptors (Lipinski definition) is 5. The van der Waals surface area contributed by atoms with Crippen molar-refractivity contribution in [3.05, 3.63) is 30.3 Å². The Morgan fingerprint density at radius 2 is 1.96 bits per heavy atom. The molecule has 0 saturated carbocycles. The lowest BCUT2D eigenvalue weighted by Gasteiger charge is -2.27. The maximum Gasteiger partial charge on any atom is 0.238 e. The Kier molecular flexibility index (Phi) is 6.99. The van der Waals surface area contributed by atoms with Gasteiger partial charge in [-0.05, 0) is 25.1 Å². The van der Waals surface area contributed by atoms with E-state index in [9.17, 15) is 9.59 Å². The summed E-state index contributed by atoms with van der Waals surface area (Å²) in [6, 6.07) is 9.39. The van der Waals surface area contributed by atoms with Crippen molar-refractivity contribution in [2.24, 2.45) is 5.92 Å². The second kappa shape index (κ2) is 8.98. The van der Waals surface area contributed by atoms with Crippen molar-refractivity contribution in [3.8, 4) is 0 Å². The fourth-order valence-corrected chi connectivity index (χ4v) is 3.13. The molecule has 5 N–H and O–H groups in total. The van der Waals surface area contributed by atoms with Crippen LogP contribution in [-0.2, 0) is 9.59 Å². The topological polar surface area (TPSA) is 94.3 Å². The first kappa shape index (κ1) is 18.7. The predicted molar refractivity (Wildman–Crippen MR) is 94.8 cm³/mol. The Labute approximate surface area is 147 Å². The van der Waals surface area contributed by atoms with Crippen LogP contribution < -0.4 is 26.8 Å². The molecule has 2 heterocycles. The third-order valence-electron chi connectivity index (χ3n) is 4.37. The number of para-hydroxylation sites is 1. The molecule has 3 unspecified atom stereocenters. The summed E-state index contributed by atoms with van der Waals surface area (Å²) in [5, 5.41) is 8.97. The normalized spacial score (nSPS) is 25.2. The van der Waals surface area contributed by atoms with Crippen molar-refractivity contribution < 1.29 is 9.59 Å². The number of amides is 2. The number of fused-ring (bicyclic) bond motifs is 1. The molecule has 2 aliphatic heterocycles. The zero-order chi connectivity index (χ0) is 16.1. The SMILES string of the molecule is Cl.O=C(CCNC(=O)C1NNC2CCNCC21)Nc1ccccc1. The van der Waals surface area contributed by atoms with Gasteiger partial charge in [0.2, 0.25) is 11.8 Å². The van der Waals surface area contributed by atoms with E-state index in [4.69, 9.17) is 0 Å². The van der Waals surface area contributed by atoms with Gasteiger partial charge in [-0.25, -0.2) is 5.43 Å². The smallest absolute Gasteiger partial charge is 0.238 e. The summed E-state index contributed by atoms with van der Waals surface area (Å²) in [6.07, 6.45) is 1.27. The maximum absolute atomic E-state index is 12.3. The van der Waals surface area contributed by atoms with Crippen LogP contribution in [0.3, 0.4) is 0 Å². The minimum atomic E-state index is -0.245. The Bertz CT molecular complexity index is 557.